The monoisotopic (exact) mass is 272 g/mol. The Hall–Kier alpha value is -1.35. The van der Waals surface area contributed by atoms with Crippen molar-refractivity contribution in [1.82, 2.24) is 10.2 Å². The van der Waals surface area contributed by atoms with Crippen molar-refractivity contribution in [2.45, 2.75) is 44.1 Å². The number of carbonyl (C=O) groups excluding carboxylic acids is 1. The summed E-state index contributed by atoms with van der Waals surface area (Å²) in [6.45, 7) is 2.82. The highest BCUT2D eigenvalue weighted by Crippen LogP contribution is 2.28. The Morgan fingerprint density at radius 1 is 1.05 bits per heavy atom. The van der Waals surface area contributed by atoms with Gasteiger partial charge in [0.15, 0.2) is 0 Å². The first-order valence-electron chi connectivity index (χ1n) is 7.92. The van der Waals surface area contributed by atoms with Gasteiger partial charge in [-0.15, -0.1) is 0 Å². The minimum atomic E-state index is 0.0806. The number of nitrogens with zero attached hydrogens (tertiary/aromatic N) is 1. The molecule has 1 atom stereocenters. The van der Waals surface area contributed by atoms with Gasteiger partial charge in [0.25, 0.3) is 0 Å². The fraction of sp³-hybridized carbons (Fsp3) is 0.588. The minimum absolute atomic E-state index is 0.0806. The van der Waals surface area contributed by atoms with Gasteiger partial charge >= 0.3 is 0 Å². The van der Waals surface area contributed by atoms with E-state index in [2.05, 4.69) is 40.5 Å². The molecule has 1 N–H and O–H groups in total. The maximum atomic E-state index is 12.5. The molecule has 0 aliphatic carbocycles. The number of likely N-dealkylation sites (tertiary alicyclic amines) is 1. The van der Waals surface area contributed by atoms with Crippen LogP contribution < -0.4 is 5.32 Å². The number of hydrogen-bond acceptors (Lipinski definition) is 2. The predicted octanol–water partition coefficient (Wildman–Crippen LogP) is 2.53. The van der Waals surface area contributed by atoms with Crippen molar-refractivity contribution in [3.63, 3.8) is 0 Å². The second-order valence-corrected chi connectivity index (χ2v) is 6.01. The van der Waals surface area contributed by atoms with Gasteiger partial charge in [-0.05, 0) is 43.7 Å². The number of benzene rings is 1. The molecule has 1 amide bonds. The molecule has 1 aromatic rings. The van der Waals surface area contributed by atoms with E-state index in [-0.39, 0.29) is 6.04 Å². The highest BCUT2D eigenvalue weighted by atomic mass is 16.2. The van der Waals surface area contributed by atoms with E-state index in [4.69, 9.17) is 0 Å². The third-order valence-electron chi connectivity index (χ3n) is 4.69. The standard InChI is InChI=1S/C17H24N2O/c20-17(16-8-4-5-11-18-16)19-12-9-15(10-13-19)14-6-2-1-3-7-14/h1-3,6-7,15-16,18H,4-5,8-13H2. The zero-order valence-electron chi connectivity index (χ0n) is 12.1. The van der Waals surface area contributed by atoms with Gasteiger partial charge in [-0.3, -0.25) is 4.79 Å². The Labute approximate surface area is 121 Å². The number of hydrogen-bond donors (Lipinski definition) is 1. The molecule has 0 spiro atoms. The quantitative estimate of drug-likeness (QED) is 0.897. The molecule has 3 heteroatoms. The molecule has 2 aliphatic heterocycles. The maximum absolute atomic E-state index is 12.5. The van der Waals surface area contributed by atoms with Crippen LogP contribution in [-0.2, 0) is 4.79 Å². The normalized spacial score (nSPS) is 24.6. The van der Waals surface area contributed by atoms with Gasteiger partial charge < -0.3 is 10.2 Å². The van der Waals surface area contributed by atoms with Gasteiger partial charge in [0.05, 0.1) is 6.04 Å². The third kappa shape index (κ3) is 3.04. The van der Waals surface area contributed by atoms with Crippen LogP contribution in [0.2, 0.25) is 0 Å². The second-order valence-electron chi connectivity index (χ2n) is 6.01. The summed E-state index contributed by atoms with van der Waals surface area (Å²) in [5.74, 6) is 0.954. The van der Waals surface area contributed by atoms with E-state index in [0.717, 1.165) is 38.9 Å². The number of amides is 1. The lowest BCUT2D eigenvalue weighted by Gasteiger charge is -2.35. The average Bonchev–Trinajstić information content (AvgIpc) is 2.56. The van der Waals surface area contributed by atoms with Crippen molar-refractivity contribution in [2.75, 3.05) is 19.6 Å². The van der Waals surface area contributed by atoms with Crippen LogP contribution in [0.25, 0.3) is 0 Å². The van der Waals surface area contributed by atoms with Crippen molar-refractivity contribution in [3.8, 4) is 0 Å². The largest absolute Gasteiger partial charge is 0.341 e. The summed E-state index contributed by atoms with van der Waals surface area (Å²) in [5.41, 5.74) is 1.43. The Morgan fingerprint density at radius 3 is 2.45 bits per heavy atom. The minimum Gasteiger partial charge on any atom is -0.341 e. The molecule has 20 heavy (non-hydrogen) atoms. The molecule has 3 nitrogen and oxygen atoms in total. The van der Waals surface area contributed by atoms with E-state index >= 15 is 0 Å². The molecular weight excluding hydrogens is 248 g/mol. The molecule has 0 aromatic heterocycles. The van der Waals surface area contributed by atoms with Crippen LogP contribution in [0.15, 0.2) is 30.3 Å². The molecule has 0 bridgehead atoms. The van der Waals surface area contributed by atoms with Crippen LogP contribution in [0.4, 0.5) is 0 Å². The number of nitrogens with one attached hydrogen (secondary N) is 1. The van der Waals surface area contributed by atoms with E-state index in [0.29, 0.717) is 11.8 Å². The fourth-order valence-corrected chi connectivity index (χ4v) is 3.44. The summed E-state index contributed by atoms with van der Waals surface area (Å²) in [7, 11) is 0. The van der Waals surface area contributed by atoms with Gasteiger partial charge in [-0.1, -0.05) is 36.8 Å². The Balaban J connectivity index is 1.54. The summed E-state index contributed by atoms with van der Waals surface area (Å²) in [5, 5.41) is 3.37. The molecule has 2 aliphatic rings. The fourth-order valence-electron chi connectivity index (χ4n) is 3.44. The summed E-state index contributed by atoms with van der Waals surface area (Å²) >= 11 is 0. The van der Waals surface area contributed by atoms with Gasteiger partial charge in [0, 0.05) is 13.1 Å². The van der Waals surface area contributed by atoms with Gasteiger partial charge in [0.1, 0.15) is 0 Å². The number of rotatable bonds is 2. The van der Waals surface area contributed by atoms with Gasteiger partial charge in [0.2, 0.25) is 5.91 Å². The zero-order chi connectivity index (χ0) is 13.8. The molecule has 0 radical (unpaired) electrons. The van der Waals surface area contributed by atoms with E-state index in [9.17, 15) is 4.79 Å². The lowest BCUT2D eigenvalue weighted by molar-refractivity contribution is -0.135. The van der Waals surface area contributed by atoms with Crippen molar-refractivity contribution in [1.29, 1.82) is 0 Å². The Morgan fingerprint density at radius 2 is 1.80 bits per heavy atom. The van der Waals surface area contributed by atoms with Crippen LogP contribution in [0.1, 0.15) is 43.6 Å². The Kier molecular flexibility index (Phi) is 4.36. The topological polar surface area (TPSA) is 32.3 Å². The van der Waals surface area contributed by atoms with E-state index < -0.39 is 0 Å². The first-order valence-corrected chi connectivity index (χ1v) is 7.92. The third-order valence-corrected chi connectivity index (χ3v) is 4.69. The van der Waals surface area contributed by atoms with Crippen LogP contribution in [0.5, 0.6) is 0 Å². The SMILES string of the molecule is O=C(C1CCCCN1)N1CCC(c2ccccc2)CC1. The second kappa shape index (κ2) is 6.40. The summed E-state index contributed by atoms with van der Waals surface area (Å²) in [4.78, 5) is 14.5. The summed E-state index contributed by atoms with van der Waals surface area (Å²) in [6.07, 6.45) is 5.60. The number of carbonyl (C=O) groups is 1. The van der Waals surface area contributed by atoms with Crippen molar-refractivity contribution >= 4 is 5.91 Å². The van der Waals surface area contributed by atoms with Crippen LogP contribution >= 0.6 is 0 Å². The molecule has 1 unspecified atom stereocenters. The van der Waals surface area contributed by atoms with Gasteiger partial charge in [-0.25, -0.2) is 0 Å². The van der Waals surface area contributed by atoms with Crippen LogP contribution in [0.3, 0.4) is 0 Å². The van der Waals surface area contributed by atoms with E-state index in [1.807, 2.05) is 0 Å². The highest BCUT2D eigenvalue weighted by molar-refractivity contribution is 5.82. The van der Waals surface area contributed by atoms with Crippen LogP contribution in [-0.4, -0.2) is 36.5 Å². The predicted molar refractivity (Wildman–Crippen MR) is 80.6 cm³/mol. The van der Waals surface area contributed by atoms with Crippen LogP contribution in [0, 0.1) is 0 Å². The maximum Gasteiger partial charge on any atom is 0.239 e. The van der Waals surface area contributed by atoms with Crippen molar-refractivity contribution < 1.29 is 4.79 Å². The smallest absolute Gasteiger partial charge is 0.239 e. The molecule has 1 aromatic carbocycles. The first-order chi connectivity index (χ1) is 9.84. The summed E-state index contributed by atoms with van der Waals surface area (Å²) < 4.78 is 0. The molecule has 3 rings (SSSR count). The highest BCUT2D eigenvalue weighted by Gasteiger charge is 2.29. The molecule has 108 valence electrons. The molecule has 2 heterocycles. The zero-order valence-corrected chi connectivity index (χ0v) is 12.1. The molecule has 0 saturated carbocycles. The lowest BCUT2D eigenvalue weighted by atomic mass is 9.89. The average molecular weight is 272 g/mol. The summed E-state index contributed by atoms with van der Waals surface area (Å²) in [6, 6.07) is 10.8. The lowest BCUT2D eigenvalue weighted by Crippen LogP contribution is -2.50. The number of piperidine rings is 2. The van der Waals surface area contributed by atoms with E-state index in [1.165, 1.54) is 18.4 Å². The van der Waals surface area contributed by atoms with Gasteiger partial charge in [-0.2, -0.15) is 0 Å². The molecule has 2 saturated heterocycles. The first kappa shape index (κ1) is 13.6. The van der Waals surface area contributed by atoms with Crippen molar-refractivity contribution in [3.05, 3.63) is 35.9 Å². The molecular formula is C17H24N2O. The Bertz CT molecular complexity index is 432. The molecule has 2 fully saturated rings. The van der Waals surface area contributed by atoms with E-state index in [1.54, 1.807) is 0 Å². The van der Waals surface area contributed by atoms with Crippen molar-refractivity contribution in [2.24, 2.45) is 0 Å².